The van der Waals surface area contributed by atoms with Gasteiger partial charge in [0.2, 0.25) is 0 Å². The highest BCUT2D eigenvalue weighted by Crippen LogP contribution is 2.46. The Hall–Kier alpha value is -6.26. The number of pyridine rings is 2. The van der Waals surface area contributed by atoms with E-state index in [2.05, 4.69) is 126 Å². The molecule has 0 N–H and O–H groups in total. The number of hydrogen-bond acceptors (Lipinski definition) is 3. The maximum absolute atomic E-state index is 6.96. The first kappa shape index (κ1) is 26.2. The van der Waals surface area contributed by atoms with Crippen LogP contribution in [0.15, 0.2) is 168 Å². The lowest BCUT2D eigenvalue weighted by Gasteiger charge is -2.13. The number of hydrogen-bond donors (Lipinski definition) is 0. The Morgan fingerprint density at radius 1 is 0.457 bits per heavy atom. The summed E-state index contributed by atoms with van der Waals surface area (Å²) in [5, 5.41) is 3.32. The van der Waals surface area contributed by atoms with Gasteiger partial charge in [0, 0.05) is 51.1 Å². The Kier molecular flexibility index (Phi) is 6.10. The fourth-order valence-corrected chi connectivity index (χ4v) is 6.67. The first-order valence-electron chi connectivity index (χ1n) is 15.4. The molecule has 4 nitrogen and oxygen atoms in total. The number of furan rings is 1. The minimum atomic E-state index is 0.876. The van der Waals surface area contributed by atoms with Crippen LogP contribution in [-0.4, -0.2) is 14.5 Å². The maximum Gasteiger partial charge on any atom is 0.145 e. The second-order valence-electron chi connectivity index (χ2n) is 11.4. The van der Waals surface area contributed by atoms with E-state index in [-0.39, 0.29) is 0 Å². The predicted molar refractivity (Wildman–Crippen MR) is 188 cm³/mol. The van der Waals surface area contributed by atoms with Gasteiger partial charge in [-0.25, -0.2) is 0 Å². The normalized spacial score (nSPS) is 11.5. The molecule has 0 saturated carbocycles. The zero-order valence-electron chi connectivity index (χ0n) is 24.8. The molecule has 9 rings (SSSR count). The highest BCUT2D eigenvalue weighted by molar-refractivity contribution is 6.22. The van der Waals surface area contributed by atoms with E-state index in [1.165, 1.54) is 0 Å². The van der Waals surface area contributed by atoms with Gasteiger partial charge in [-0.05, 0) is 66.2 Å². The lowest BCUT2D eigenvalue weighted by atomic mass is 9.98. The molecule has 4 heterocycles. The van der Waals surface area contributed by atoms with Crippen molar-refractivity contribution in [3.05, 3.63) is 164 Å². The van der Waals surface area contributed by atoms with Crippen molar-refractivity contribution >= 4 is 32.8 Å². The average Bonchev–Trinajstić information content (AvgIpc) is 3.69. The standard InChI is InChI=1S/C42H27N3O/c1-3-13-28(14-4-1)39-34-21-22-38-40(42(34)46-41(39)29-15-5-2-6-16-29)33-17-7-8-20-37(33)45(38)32-26-30(35-18-9-11-23-43-35)25-31(27-32)36-19-10-12-24-44-36/h1-27H. The molecule has 0 bridgehead atoms. The van der Waals surface area contributed by atoms with Crippen molar-refractivity contribution in [2.24, 2.45) is 0 Å². The molecule has 0 aliphatic carbocycles. The molecule has 0 amide bonds. The lowest BCUT2D eigenvalue weighted by Crippen LogP contribution is -1.97. The molecule has 46 heavy (non-hydrogen) atoms. The summed E-state index contributed by atoms with van der Waals surface area (Å²) < 4.78 is 9.31. The smallest absolute Gasteiger partial charge is 0.145 e. The Labute approximate surface area is 265 Å². The van der Waals surface area contributed by atoms with E-state index in [4.69, 9.17) is 14.4 Å². The molecular formula is C42H27N3O. The van der Waals surface area contributed by atoms with Crippen LogP contribution >= 0.6 is 0 Å². The Morgan fingerprint density at radius 2 is 1.07 bits per heavy atom. The summed E-state index contributed by atoms with van der Waals surface area (Å²) in [5.74, 6) is 0.876. The molecule has 5 aromatic carbocycles. The van der Waals surface area contributed by atoms with Gasteiger partial charge in [-0.1, -0.05) is 91.0 Å². The van der Waals surface area contributed by atoms with E-state index in [1.807, 2.05) is 42.7 Å². The molecule has 0 unspecified atom stereocenters. The third kappa shape index (κ3) is 4.23. The van der Waals surface area contributed by atoms with Crippen LogP contribution in [-0.2, 0) is 0 Å². The van der Waals surface area contributed by atoms with Gasteiger partial charge in [0.25, 0.3) is 0 Å². The van der Waals surface area contributed by atoms with Crippen molar-refractivity contribution in [2.45, 2.75) is 0 Å². The van der Waals surface area contributed by atoms with Gasteiger partial charge in [0.15, 0.2) is 0 Å². The topological polar surface area (TPSA) is 43.9 Å². The van der Waals surface area contributed by atoms with Gasteiger partial charge in [-0.2, -0.15) is 0 Å². The van der Waals surface area contributed by atoms with Crippen LogP contribution in [0.1, 0.15) is 0 Å². The SMILES string of the molecule is c1ccc(-c2oc3c(ccc4c3c3ccccc3n4-c3cc(-c4ccccn4)cc(-c4ccccn4)c3)c2-c2ccccc2)cc1. The van der Waals surface area contributed by atoms with Crippen LogP contribution in [0.4, 0.5) is 0 Å². The van der Waals surface area contributed by atoms with Gasteiger partial charge in [0.1, 0.15) is 11.3 Å². The van der Waals surface area contributed by atoms with E-state index in [0.717, 1.165) is 83.4 Å². The number of rotatable bonds is 5. The summed E-state index contributed by atoms with van der Waals surface area (Å²) in [5.41, 5.74) is 11.3. The van der Waals surface area contributed by atoms with Gasteiger partial charge in [-0.3, -0.25) is 9.97 Å². The number of benzene rings is 5. The summed E-state index contributed by atoms with van der Waals surface area (Å²) in [4.78, 5) is 9.39. The van der Waals surface area contributed by atoms with Crippen LogP contribution in [0, 0.1) is 0 Å². The predicted octanol–water partition coefficient (Wildman–Crippen LogP) is 11.0. The van der Waals surface area contributed by atoms with Crippen LogP contribution in [0.2, 0.25) is 0 Å². The van der Waals surface area contributed by atoms with E-state index in [9.17, 15) is 0 Å². The zero-order chi connectivity index (χ0) is 30.5. The van der Waals surface area contributed by atoms with Gasteiger partial charge < -0.3 is 8.98 Å². The molecule has 9 aromatic rings. The van der Waals surface area contributed by atoms with E-state index < -0.39 is 0 Å². The van der Waals surface area contributed by atoms with Crippen LogP contribution in [0.5, 0.6) is 0 Å². The molecular weight excluding hydrogens is 562 g/mol. The third-order valence-electron chi connectivity index (χ3n) is 8.69. The van der Waals surface area contributed by atoms with Gasteiger partial charge in [0.05, 0.1) is 27.8 Å². The number of aromatic nitrogens is 3. The molecule has 0 radical (unpaired) electrons. The quantitative estimate of drug-likeness (QED) is 0.201. The maximum atomic E-state index is 6.96. The van der Waals surface area contributed by atoms with Crippen molar-refractivity contribution in [3.8, 4) is 50.7 Å². The molecule has 0 aliphatic rings. The van der Waals surface area contributed by atoms with Gasteiger partial charge >= 0.3 is 0 Å². The van der Waals surface area contributed by atoms with Crippen LogP contribution in [0.3, 0.4) is 0 Å². The molecule has 4 aromatic heterocycles. The van der Waals surface area contributed by atoms with Crippen molar-refractivity contribution in [2.75, 3.05) is 0 Å². The number of para-hydroxylation sites is 1. The second-order valence-corrected chi connectivity index (χ2v) is 11.4. The molecule has 0 saturated heterocycles. The number of nitrogens with zero attached hydrogens (tertiary/aromatic N) is 3. The molecule has 0 spiro atoms. The van der Waals surface area contributed by atoms with E-state index >= 15 is 0 Å². The summed E-state index contributed by atoms with van der Waals surface area (Å²) in [6.45, 7) is 0. The van der Waals surface area contributed by atoms with Gasteiger partial charge in [-0.15, -0.1) is 0 Å². The second kappa shape index (κ2) is 10.7. The molecule has 0 atom stereocenters. The molecule has 0 fully saturated rings. The summed E-state index contributed by atoms with van der Waals surface area (Å²) in [6.07, 6.45) is 3.68. The highest BCUT2D eigenvalue weighted by Gasteiger charge is 2.23. The minimum Gasteiger partial charge on any atom is -0.455 e. The monoisotopic (exact) mass is 589 g/mol. The van der Waals surface area contributed by atoms with Crippen molar-refractivity contribution in [1.29, 1.82) is 0 Å². The Balaban J connectivity index is 1.38. The summed E-state index contributed by atoms with van der Waals surface area (Å²) in [6, 6.07) is 52.6. The van der Waals surface area contributed by atoms with E-state index in [1.54, 1.807) is 0 Å². The van der Waals surface area contributed by atoms with Crippen LogP contribution in [0.25, 0.3) is 83.4 Å². The minimum absolute atomic E-state index is 0.876. The number of fused-ring (bicyclic) bond motifs is 5. The lowest BCUT2D eigenvalue weighted by molar-refractivity contribution is 0.636. The Morgan fingerprint density at radius 3 is 1.72 bits per heavy atom. The summed E-state index contributed by atoms with van der Waals surface area (Å²) in [7, 11) is 0. The van der Waals surface area contributed by atoms with E-state index in [0.29, 0.717) is 0 Å². The Bertz CT molecular complexity index is 2440. The highest BCUT2D eigenvalue weighted by atomic mass is 16.3. The first-order chi connectivity index (χ1) is 22.8. The van der Waals surface area contributed by atoms with Crippen molar-refractivity contribution < 1.29 is 4.42 Å². The third-order valence-corrected chi connectivity index (χ3v) is 8.69. The molecule has 0 aliphatic heterocycles. The molecule has 216 valence electrons. The zero-order valence-corrected chi connectivity index (χ0v) is 24.8. The van der Waals surface area contributed by atoms with Crippen molar-refractivity contribution in [1.82, 2.24) is 14.5 Å². The van der Waals surface area contributed by atoms with Crippen LogP contribution < -0.4 is 0 Å². The first-order valence-corrected chi connectivity index (χ1v) is 15.4. The van der Waals surface area contributed by atoms with Crippen molar-refractivity contribution in [3.63, 3.8) is 0 Å². The average molecular weight is 590 g/mol. The fourth-order valence-electron chi connectivity index (χ4n) is 6.67. The fraction of sp³-hybridized carbons (Fsp3) is 0. The molecule has 4 heteroatoms. The largest absolute Gasteiger partial charge is 0.455 e. The summed E-state index contributed by atoms with van der Waals surface area (Å²) >= 11 is 0.